The first-order valence-corrected chi connectivity index (χ1v) is 13.4. The summed E-state index contributed by atoms with van der Waals surface area (Å²) >= 11 is 0. The summed E-state index contributed by atoms with van der Waals surface area (Å²) in [5.74, 6) is 0.0128. The lowest BCUT2D eigenvalue weighted by Gasteiger charge is -2.28. The number of nitrogens with zero attached hydrogens (tertiary/aromatic N) is 6. The van der Waals surface area contributed by atoms with Crippen LogP contribution >= 0.6 is 0 Å². The number of aromatic nitrogens is 4. The first kappa shape index (κ1) is 26.6. The van der Waals surface area contributed by atoms with E-state index in [0.29, 0.717) is 24.5 Å². The van der Waals surface area contributed by atoms with Crippen LogP contribution in [0.4, 0.5) is 10.2 Å². The van der Waals surface area contributed by atoms with Gasteiger partial charge in [0.15, 0.2) is 0 Å². The lowest BCUT2D eigenvalue weighted by molar-refractivity contribution is -0.0591. The van der Waals surface area contributed by atoms with Crippen molar-refractivity contribution < 1.29 is 23.8 Å². The molecule has 2 aliphatic rings. The molecular formula is C29H28FN7O4. The third-order valence-electron chi connectivity index (χ3n) is 7.42. The van der Waals surface area contributed by atoms with Crippen molar-refractivity contribution in [3.05, 3.63) is 77.0 Å². The average molecular weight is 558 g/mol. The molecule has 4 aromatic rings. The average Bonchev–Trinajstić information content (AvgIpc) is 3.53. The van der Waals surface area contributed by atoms with E-state index in [9.17, 15) is 14.3 Å². The predicted octanol–water partition coefficient (Wildman–Crippen LogP) is 3.59. The molecule has 0 amide bonds. The molecule has 0 spiro atoms. The highest BCUT2D eigenvalue weighted by Gasteiger charge is 2.27. The summed E-state index contributed by atoms with van der Waals surface area (Å²) in [5, 5.41) is 21.8. The Labute approximate surface area is 235 Å². The number of likely N-dealkylation sites (tertiary alicyclic amines) is 1. The molecule has 2 aliphatic heterocycles. The van der Waals surface area contributed by atoms with E-state index in [2.05, 4.69) is 24.8 Å². The van der Waals surface area contributed by atoms with Gasteiger partial charge in [-0.15, -0.1) is 0 Å². The third kappa shape index (κ3) is 5.96. The number of hydrogen-bond donors (Lipinski definition) is 2. The van der Waals surface area contributed by atoms with E-state index in [4.69, 9.17) is 19.7 Å². The zero-order valence-electron chi connectivity index (χ0n) is 22.2. The first-order valence-electron chi connectivity index (χ1n) is 13.4. The second kappa shape index (κ2) is 11.5. The van der Waals surface area contributed by atoms with Crippen molar-refractivity contribution >= 4 is 22.8 Å². The number of fused-ring (bicyclic) bond motifs is 1. The van der Waals surface area contributed by atoms with Crippen LogP contribution in [0.3, 0.4) is 0 Å². The number of imidazole rings is 1. The van der Waals surface area contributed by atoms with Gasteiger partial charge in [-0.3, -0.25) is 4.90 Å². The fourth-order valence-corrected chi connectivity index (χ4v) is 5.13. The fourth-order valence-electron chi connectivity index (χ4n) is 5.13. The number of carboxylic acid groups (broad SMARTS) is 1. The lowest BCUT2D eigenvalue weighted by Crippen LogP contribution is -2.33. The zero-order chi connectivity index (χ0) is 28.3. The van der Waals surface area contributed by atoms with Crippen LogP contribution in [0, 0.1) is 17.1 Å². The van der Waals surface area contributed by atoms with Crippen molar-refractivity contribution in [3.8, 4) is 12.1 Å². The number of carbonyl (C=O) groups is 1. The number of ether oxygens (including phenoxy) is 2. The molecule has 0 bridgehead atoms. The Kier molecular flexibility index (Phi) is 7.45. The summed E-state index contributed by atoms with van der Waals surface area (Å²) in [6.45, 7) is 3.57. The maximum atomic E-state index is 14.2. The molecule has 12 heteroatoms. The van der Waals surface area contributed by atoms with Crippen molar-refractivity contribution in [3.63, 3.8) is 0 Å². The summed E-state index contributed by atoms with van der Waals surface area (Å²) in [5.41, 5.74) is 2.37. The highest BCUT2D eigenvalue weighted by Crippen LogP contribution is 2.25. The van der Waals surface area contributed by atoms with Gasteiger partial charge in [0.25, 0.3) is 0 Å². The van der Waals surface area contributed by atoms with Gasteiger partial charge in [0, 0.05) is 37.5 Å². The van der Waals surface area contributed by atoms with Crippen molar-refractivity contribution in [2.75, 3.05) is 25.0 Å². The number of carboxylic acids is 1. The van der Waals surface area contributed by atoms with E-state index < -0.39 is 11.8 Å². The lowest BCUT2D eigenvalue weighted by atomic mass is 10.1. The smallest absolute Gasteiger partial charge is 0.335 e. The number of rotatable bonds is 10. The number of hydrogen-bond acceptors (Lipinski definition) is 9. The van der Waals surface area contributed by atoms with Crippen molar-refractivity contribution in [1.29, 1.82) is 5.26 Å². The Bertz CT molecular complexity index is 1630. The Morgan fingerprint density at radius 2 is 2.10 bits per heavy atom. The van der Waals surface area contributed by atoms with E-state index in [0.717, 1.165) is 49.4 Å². The molecule has 2 aromatic heterocycles. The number of nitrogens with one attached hydrogen (secondary N) is 1. The van der Waals surface area contributed by atoms with Gasteiger partial charge in [-0.05, 0) is 49.2 Å². The molecule has 0 saturated carbocycles. The molecule has 210 valence electrons. The van der Waals surface area contributed by atoms with Crippen LogP contribution in [0.2, 0.25) is 0 Å². The summed E-state index contributed by atoms with van der Waals surface area (Å²) in [7, 11) is 0. The number of aromatic carboxylic acids is 1. The molecule has 4 heterocycles. The molecule has 0 unspecified atom stereocenters. The van der Waals surface area contributed by atoms with Gasteiger partial charge in [-0.25, -0.2) is 19.2 Å². The minimum atomic E-state index is -0.964. The second-order valence-electron chi connectivity index (χ2n) is 10.2. The van der Waals surface area contributed by atoms with Crippen LogP contribution in [0.25, 0.3) is 11.0 Å². The Hall–Kier alpha value is -4.60. The number of benzene rings is 2. The largest absolute Gasteiger partial charge is 0.478 e. The van der Waals surface area contributed by atoms with Crippen LogP contribution in [0.5, 0.6) is 6.01 Å². The first-order chi connectivity index (χ1) is 19.9. The molecule has 6 rings (SSSR count). The zero-order valence-corrected chi connectivity index (χ0v) is 22.2. The molecule has 41 heavy (non-hydrogen) atoms. The van der Waals surface area contributed by atoms with Gasteiger partial charge >= 0.3 is 12.0 Å². The van der Waals surface area contributed by atoms with E-state index in [-0.39, 0.29) is 35.9 Å². The third-order valence-corrected chi connectivity index (χ3v) is 7.42. The second-order valence-corrected chi connectivity index (χ2v) is 10.2. The molecular weight excluding hydrogens is 529 g/mol. The Morgan fingerprint density at radius 1 is 1.22 bits per heavy atom. The van der Waals surface area contributed by atoms with E-state index in [1.54, 1.807) is 30.5 Å². The minimum absolute atomic E-state index is 0.0565. The maximum Gasteiger partial charge on any atom is 0.335 e. The number of nitriles is 1. The van der Waals surface area contributed by atoms with Gasteiger partial charge in [0.05, 0.1) is 47.4 Å². The molecule has 2 atom stereocenters. The van der Waals surface area contributed by atoms with Crippen LogP contribution in [-0.2, 0) is 24.4 Å². The summed E-state index contributed by atoms with van der Waals surface area (Å²) in [6.07, 6.45) is 3.56. The summed E-state index contributed by atoms with van der Waals surface area (Å²) in [6, 6.07) is 13.2. The van der Waals surface area contributed by atoms with Crippen LogP contribution in [-0.4, -0.2) is 67.3 Å². The van der Waals surface area contributed by atoms with Gasteiger partial charge in [0.2, 0.25) is 0 Å². The minimum Gasteiger partial charge on any atom is -0.478 e. The highest BCUT2D eigenvalue weighted by atomic mass is 19.1. The number of halogens is 1. The van der Waals surface area contributed by atoms with Crippen LogP contribution in [0.1, 0.15) is 40.2 Å². The molecule has 2 fully saturated rings. The number of anilines is 1. The maximum absolute atomic E-state index is 14.2. The van der Waals surface area contributed by atoms with Crippen molar-refractivity contribution in [2.24, 2.45) is 0 Å². The van der Waals surface area contributed by atoms with E-state index in [1.807, 2.05) is 6.07 Å². The topological polar surface area (TPSA) is 138 Å². The molecule has 2 aromatic carbocycles. The van der Waals surface area contributed by atoms with Crippen LogP contribution < -0.4 is 10.1 Å². The van der Waals surface area contributed by atoms with Crippen molar-refractivity contribution in [2.45, 2.75) is 44.7 Å². The van der Waals surface area contributed by atoms with Gasteiger partial charge < -0.3 is 24.5 Å². The molecule has 11 nitrogen and oxygen atoms in total. The van der Waals surface area contributed by atoms with Gasteiger partial charge in [-0.1, -0.05) is 6.07 Å². The molecule has 0 aliphatic carbocycles. The Balaban J connectivity index is 1.09. The SMILES string of the molecule is N#Cc1ccc(COc2nccc(N[C@@H]3CCN(Cc4nc5ccc(C(=O)O)cc5n4C[C@@H]4CCO4)C3)n2)c(F)c1. The summed E-state index contributed by atoms with van der Waals surface area (Å²) in [4.78, 5) is 27.3. The normalized spacial score (nSPS) is 18.6. The van der Waals surface area contributed by atoms with Crippen molar-refractivity contribution in [1.82, 2.24) is 24.4 Å². The van der Waals surface area contributed by atoms with Gasteiger partial charge in [-0.2, -0.15) is 10.2 Å². The Morgan fingerprint density at radius 3 is 2.85 bits per heavy atom. The predicted molar refractivity (Wildman–Crippen MR) is 146 cm³/mol. The highest BCUT2D eigenvalue weighted by molar-refractivity contribution is 5.92. The van der Waals surface area contributed by atoms with Crippen LogP contribution in [0.15, 0.2) is 48.7 Å². The standard InChI is InChI=1S/C29H28FN7O4/c30-23-11-18(13-31)1-2-20(23)17-41-29-32-8-5-26(35-29)33-21-6-9-36(14-21)16-27-34-24-4-3-19(28(38)39)12-25(24)37(27)15-22-7-10-40-22/h1-5,8,11-12,21-22H,6-7,9-10,14-17H2,(H,38,39)(H,32,33,35)/t21-,22+/m1/s1. The van der Waals surface area contributed by atoms with Gasteiger partial charge in [0.1, 0.15) is 24.1 Å². The monoisotopic (exact) mass is 557 g/mol. The molecule has 0 radical (unpaired) electrons. The molecule has 2 N–H and O–H groups in total. The fraction of sp³-hybridized carbons (Fsp3) is 0.345. The summed E-state index contributed by atoms with van der Waals surface area (Å²) < 4.78 is 27.5. The quantitative estimate of drug-likeness (QED) is 0.297. The van der Waals surface area contributed by atoms with E-state index >= 15 is 0 Å². The van der Waals surface area contributed by atoms with E-state index in [1.165, 1.54) is 18.2 Å². The molecule has 2 saturated heterocycles.